The second-order valence-electron chi connectivity index (χ2n) is 5.63. The van der Waals surface area contributed by atoms with Crippen molar-refractivity contribution in [1.29, 1.82) is 0 Å². The number of hydrogen-bond acceptors (Lipinski definition) is 3. The zero-order valence-electron chi connectivity index (χ0n) is 12.8. The summed E-state index contributed by atoms with van der Waals surface area (Å²) in [5.41, 5.74) is 0. The fourth-order valence-electron chi connectivity index (χ4n) is 1.43. The Labute approximate surface area is 117 Å². The lowest BCUT2D eigenvalue weighted by molar-refractivity contribution is -0.124. The van der Waals surface area contributed by atoms with Gasteiger partial charge >= 0.3 is 0 Å². The van der Waals surface area contributed by atoms with E-state index < -0.39 is 0 Å². The predicted octanol–water partition coefficient (Wildman–Crippen LogP) is 2.56. The van der Waals surface area contributed by atoms with Gasteiger partial charge in [-0.05, 0) is 18.8 Å². The van der Waals surface area contributed by atoms with E-state index in [9.17, 15) is 9.59 Å². The lowest BCUT2D eigenvalue weighted by Crippen LogP contribution is -2.28. The van der Waals surface area contributed by atoms with Gasteiger partial charge < -0.3 is 10.1 Å². The predicted molar refractivity (Wildman–Crippen MR) is 77.0 cm³/mol. The molecule has 0 rings (SSSR count). The van der Waals surface area contributed by atoms with Crippen LogP contribution in [0.1, 0.15) is 53.4 Å². The average Bonchev–Trinajstić information content (AvgIpc) is 2.33. The standard InChI is InChI=1S/C15H29NO3/c1-12(2)7-10-19-11-8-14(17)6-5-9-16-15(18)13(3)4/h12-13H,5-11H2,1-4H3,(H,16,18). The first-order valence-electron chi connectivity index (χ1n) is 7.30. The van der Waals surface area contributed by atoms with Gasteiger partial charge in [0.1, 0.15) is 5.78 Å². The molecule has 0 aliphatic rings. The number of carbonyl (C=O) groups is 2. The Morgan fingerprint density at radius 1 is 1.05 bits per heavy atom. The molecule has 0 radical (unpaired) electrons. The number of carbonyl (C=O) groups excluding carboxylic acids is 2. The van der Waals surface area contributed by atoms with Crippen LogP contribution in [0.5, 0.6) is 0 Å². The van der Waals surface area contributed by atoms with Crippen molar-refractivity contribution < 1.29 is 14.3 Å². The number of ether oxygens (including phenoxy) is 1. The Kier molecular flexibility index (Phi) is 10.5. The highest BCUT2D eigenvalue weighted by Crippen LogP contribution is 2.00. The molecular weight excluding hydrogens is 242 g/mol. The van der Waals surface area contributed by atoms with Crippen LogP contribution in [-0.4, -0.2) is 31.4 Å². The van der Waals surface area contributed by atoms with Gasteiger partial charge in [-0.1, -0.05) is 27.7 Å². The zero-order chi connectivity index (χ0) is 14.7. The van der Waals surface area contributed by atoms with Crippen molar-refractivity contribution in [2.45, 2.75) is 53.4 Å². The highest BCUT2D eigenvalue weighted by Gasteiger charge is 2.06. The van der Waals surface area contributed by atoms with Crippen molar-refractivity contribution in [3.8, 4) is 0 Å². The van der Waals surface area contributed by atoms with Crippen LogP contribution in [0.25, 0.3) is 0 Å². The quantitative estimate of drug-likeness (QED) is 0.588. The van der Waals surface area contributed by atoms with E-state index in [2.05, 4.69) is 19.2 Å². The summed E-state index contributed by atoms with van der Waals surface area (Å²) in [5, 5.41) is 2.80. The first-order chi connectivity index (χ1) is 8.93. The molecule has 4 heteroatoms. The number of Topliss-reactive ketones (excluding diaryl/α,β-unsaturated/α-hetero) is 1. The molecule has 0 heterocycles. The maximum atomic E-state index is 11.5. The summed E-state index contributed by atoms with van der Waals surface area (Å²) in [7, 11) is 0. The van der Waals surface area contributed by atoms with E-state index in [1.165, 1.54) is 0 Å². The lowest BCUT2D eigenvalue weighted by atomic mass is 10.1. The highest BCUT2D eigenvalue weighted by molar-refractivity contribution is 5.79. The minimum Gasteiger partial charge on any atom is -0.381 e. The molecule has 0 aromatic heterocycles. The van der Waals surface area contributed by atoms with Gasteiger partial charge in [-0.25, -0.2) is 0 Å². The molecule has 0 spiro atoms. The minimum atomic E-state index is 0.00468. The van der Waals surface area contributed by atoms with E-state index in [-0.39, 0.29) is 17.6 Å². The topological polar surface area (TPSA) is 55.4 Å². The highest BCUT2D eigenvalue weighted by atomic mass is 16.5. The van der Waals surface area contributed by atoms with Crippen LogP contribution >= 0.6 is 0 Å². The summed E-state index contributed by atoms with van der Waals surface area (Å²) in [6.45, 7) is 9.85. The Morgan fingerprint density at radius 2 is 1.74 bits per heavy atom. The van der Waals surface area contributed by atoms with Crippen LogP contribution in [0.4, 0.5) is 0 Å². The monoisotopic (exact) mass is 271 g/mol. The molecule has 0 saturated heterocycles. The van der Waals surface area contributed by atoms with Crippen LogP contribution in [0, 0.1) is 11.8 Å². The Hall–Kier alpha value is -0.900. The van der Waals surface area contributed by atoms with Gasteiger partial charge in [0.2, 0.25) is 5.91 Å². The van der Waals surface area contributed by atoms with Crippen LogP contribution in [0.15, 0.2) is 0 Å². The summed E-state index contributed by atoms with van der Waals surface area (Å²) in [6, 6.07) is 0. The molecule has 0 aliphatic heterocycles. The van der Waals surface area contributed by atoms with Gasteiger partial charge in [-0.2, -0.15) is 0 Å². The van der Waals surface area contributed by atoms with Gasteiger partial charge in [-0.3, -0.25) is 9.59 Å². The van der Waals surface area contributed by atoms with Crippen molar-refractivity contribution in [3.05, 3.63) is 0 Å². The summed E-state index contributed by atoms with van der Waals surface area (Å²) >= 11 is 0. The first-order valence-corrected chi connectivity index (χ1v) is 7.30. The number of amides is 1. The third-order valence-corrected chi connectivity index (χ3v) is 2.82. The van der Waals surface area contributed by atoms with E-state index in [0.29, 0.717) is 38.3 Å². The molecular formula is C15H29NO3. The number of rotatable bonds is 11. The molecule has 1 N–H and O–H groups in total. The van der Waals surface area contributed by atoms with E-state index >= 15 is 0 Å². The molecule has 1 amide bonds. The molecule has 0 atom stereocenters. The van der Waals surface area contributed by atoms with E-state index in [4.69, 9.17) is 4.74 Å². The lowest BCUT2D eigenvalue weighted by Gasteiger charge is -2.07. The summed E-state index contributed by atoms with van der Waals surface area (Å²) in [5.74, 6) is 0.901. The first kappa shape index (κ1) is 18.1. The summed E-state index contributed by atoms with van der Waals surface area (Å²) in [4.78, 5) is 22.8. The average molecular weight is 271 g/mol. The molecule has 0 aliphatic carbocycles. The molecule has 0 aromatic rings. The second-order valence-corrected chi connectivity index (χ2v) is 5.63. The summed E-state index contributed by atoms with van der Waals surface area (Å²) < 4.78 is 5.40. The molecule has 0 unspecified atom stereocenters. The van der Waals surface area contributed by atoms with Crippen molar-refractivity contribution >= 4 is 11.7 Å². The fourth-order valence-corrected chi connectivity index (χ4v) is 1.43. The molecule has 4 nitrogen and oxygen atoms in total. The van der Waals surface area contributed by atoms with Gasteiger partial charge in [-0.15, -0.1) is 0 Å². The van der Waals surface area contributed by atoms with Crippen LogP contribution in [0.2, 0.25) is 0 Å². The third-order valence-electron chi connectivity index (χ3n) is 2.82. The van der Waals surface area contributed by atoms with Crippen molar-refractivity contribution in [3.63, 3.8) is 0 Å². The Bertz CT molecular complexity index is 262. The SMILES string of the molecule is CC(C)CCOCCC(=O)CCCNC(=O)C(C)C. The van der Waals surface area contributed by atoms with Gasteiger partial charge in [0.05, 0.1) is 6.61 Å². The maximum Gasteiger partial charge on any atom is 0.222 e. The van der Waals surface area contributed by atoms with Crippen molar-refractivity contribution in [2.24, 2.45) is 11.8 Å². The summed E-state index contributed by atoms with van der Waals surface area (Å²) in [6.07, 6.45) is 2.75. The third kappa shape index (κ3) is 11.9. The van der Waals surface area contributed by atoms with Gasteiger partial charge in [0, 0.05) is 31.9 Å². The maximum absolute atomic E-state index is 11.5. The Balaban J connectivity index is 3.38. The molecule has 0 fully saturated rings. The smallest absolute Gasteiger partial charge is 0.222 e. The fraction of sp³-hybridized carbons (Fsp3) is 0.867. The number of ketones is 1. The number of nitrogens with one attached hydrogen (secondary N) is 1. The normalized spacial score (nSPS) is 11.1. The minimum absolute atomic E-state index is 0.00468. The second kappa shape index (κ2) is 11.0. The molecule has 0 saturated carbocycles. The van der Waals surface area contributed by atoms with Gasteiger partial charge in [0.25, 0.3) is 0 Å². The van der Waals surface area contributed by atoms with E-state index in [0.717, 1.165) is 13.0 Å². The Morgan fingerprint density at radius 3 is 2.32 bits per heavy atom. The van der Waals surface area contributed by atoms with Crippen molar-refractivity contribution in [1.82, 2.24) is 5.32 Å². The van der Waals surface area contributed by atoms with E-state index in [1.807, 2.05) is 13.8 Å². The van der Waals surface area contributed by atoms with Crippen LogP contribution < -0.4 is 5.32 Å². The van der Waals surface area contributed by atoms with Crippen LogP contribution in [-0.2, 0) is 14.3 Å². The van der Waals surface area contributed by atoms with E-state index in [1.54, 1.807) is 0 Å². The van der Waals surface area contributed by atoms with Crippen molar-refractivity contribution in [2.75, 3.05) is 19.8 Å². The molecule has 0 aromatic carbocycles. The molecule has 112 valence electrons. The molecule has 0 bridgehead atoms. The van der Waals surface area contributed by atoms with Crippen LogP contribution in [0.3, 0.4) is 0 Å². The number of hydrogen-bond donors (Lipinski definition) is 1. The molecule has 19 heavy (non-hydrogen) atoms. The zero-order valence-corrected chi connectivity index (χ0v) is 12.8. The van der Waals surface area contributed by atoms with Gasteiger partial charge in [0.15, 0.2) is 0 Å². The largest absolute Gasteiger partial charge is 0.381 e.